The molecule has 0 aromatic heterocycles. The van der Waals surface area contributed by atoms with Crippen LogP contribution < -0.4 is 5.32 Å². The lowest BCUT2D eigenvalue weighted by molar-refractivity contribution is 0.511. The lowest BCUT2D eigenvalue weighted by Gasteiger charge is -2.14. The highest BCUT2D eigenvalue weighted by Gasteiger charge is 2.05. The van der Waals surface area contributed by atoms with Crippen LogP contribution in [-0.4, -0.2) is 11.4 Å². The standard InChI is InChI=1S/C12H17ClFN/c1-9(13)7-10(2)15-8-11-3-5-12(14)6-4-11/h3-6,9-10,15H,7-8H2,1-2H3. The van der Waals surface area contributed by atoms with Crippen molar-refractivity contribution in [1.29, 1.82) is 0 Å². The molecular weight excluding hydrogens is 213 g/mol. The summed E-state index contributed by atoms with van der Waals surface area (Å²) in [6.45, 7) is 4.84. The van der Waals surface area contributed by atoms with E-state index < -0.39 is 0 Å². The van der Waals surface area contributed by atoms with Gasteiger partial charge in [0.1, 0.15) is 5.82 Å². The fraction of sp³-hybridized carbons (Fsp3) is 0.500. The van der Waals surface area contributed by atoms with Crippen molar-refractivity contribution in [2.24, 2.45) is 0 Å². The van der Waals surface area contributed by atoms with E-state index in [2.05, 4.69) is 12.2 Å². The molecule has 2 unspecified atom stereocenters. The molecule has 1 N–H and O–H groups in total. The van der Waals surface area contributed by atoms with Crippen LogP contribution in [0.15, 0.2) is 24.3 Å². The van der Waals surface area contributed by atoms with E-state index in [0.29, 0.717) is 6.04 Å². The van der Waals surface area contributed by atoms with Crippen LogP contribution in [0, 0.1) is 5.82 Å². The summed E-state index contributed by atoms with van der Waals surface area (Å²) in [5.41, 5.74) is 1.09. The number of alkyl halides is 1. The average molecular weight is 230 g/mol. The molecule has 0 spiro atoms. The van der Waals surface area contributed by atoms with Crippen molar-refractivity contribution in [1.82, 2.24) is 5.32 Å². The van der Waals surface area contributed by atoms with Gasteiger partial charge in [0.25, 0.3) is 0 Å². The third-order valence-corrected chi connectivity index (χ3v) is 2.42. The van der Waals surface area contributed by atoms with Gasteiger partial charge < -0.3 is 5.32 Å². The number of hydrogen-bond donors (Lipinski definition) is 1. The van der Waals surface area contributed by atoms with Gasteiger partial charge in [0, 0.05) is 18.0 Å². The van der Waals surface area contributed by atoms with Gasteiger partial charge in [-0.05, 0) is 38.0 Å². The normalized spacial score (nSPS) is 14.9. The van der Waals surface area contributed by atoms with E-state index in [4.69, 9.17) is 11.6 Å². The predicted molar refractivity (Wildman–Crippen MR) is 62.6 cm³/mol. The minimum Gasteiger partial charge on any atom is -0.310 e. The van der Waals surface area contributed by atoms with Crippen molar-refractivity contribution in [3.05, 3.63) is 35.6 Å². The van der Waals surface area contributed by atoms with E-state index in [-0.39, 0.29) is 11.2 Å². The zero-order valence-corrected chi connectivity index (χ0v) is 9.89. The largest absolute Gasteiger partial charge is 0.310 e. The smallest absolute Gasteiger partial charge is 0.123 e. The molecule has 0 fully saturated rings. The molecule has 2 atom stereocenters. The first-order chi connectivity index (χ1) is 7.08. The number of benzene rings is 1. The van der Waals surface area contributed by atoms with Crippen LogP contribution in [0.2, 0.25) is 0 Å². The Balaban J connectivity index is 2.33. The fourth-order valence-electron chi connectivity index (χ4n) is 1.46. The van der Waals surface area contributed by atoms with Crippen LogP contribution in [0.1, 0.15) is 25.8 Å². The van der Waals surface area contributed by atoms with E-state index >= 15 is 0 Å². The van der Waals surface area contributed by atoms with Gasteiger partial charge in [-0.2, -0.15) is 0 Å². The Bertz CT molecular complexity index is 284. The molecule has 1 aromatic carbocycles. The van der Waals surface area contributed by atoms with Crippen LogP contribution in [-0.2, 0) is 6.54 Å². The molecule has 0 saturated heterocycles. The quantitative estimate of drug-likeness (QED) is 0.764. The molecule has 0 saturated carbocycles. The second-order valence-corrected chi connectivity index (χ2v) is 4.67. The molecule has 15 heavy (non-hydrogen) atoms. The minimum absolute atomic E-state index is 0.181. The molecule has 1 nitrogen and oxygen atoms in total. The van der Waals surface area contributed by atoms with Gasteiger partial charge in [0.15, 0.2) is 0 Å². The maximum Gasteiger partial charge on any atom is 0.123 e. The summed E-state index contributed by atoms with van der Waals surface area (Å²) in [7, 11) is 0. The van der Waals surface area contributed by atoms with Gasteiger partial charge in [-0.3, -0.25) is 0 Å². The van der Waals surface area contributed by atoms with Crippen LogP contribution in [0.25, 0.3) is 0 Å². The monoisotopic (exact) mass is 229 g/mol. The predicted octanol–water partition coefficient (Wildman–Crippen LogP) is 3.32. The Morgan fingerprint density at radius 1 is 1.27 bits per heavy atom. The average Bonchev–Trinajstić information content (AvgIpc) is 2.16. The summed E-state index contributed by atoms with van der Waals surface area (Å²) >= 11 is 5.89. The molecule has 0 radical (unpaired) electrons. The first kappa shape index (κ1) is 12.5. The summed E-state index contributed by atoms with van der Waals surface area (Å²) < 4.78 is 12.6. The molecule has 1 aromatic rings. The fourth-order valence-corrected chi connectivity index (χ4v) is 1.73. The Kier molecular flexibility index (Phi) is 5.06. The number of nitrogens with one attached hydrogen (secondary N) is 1. The Hall–Kier alpha value is -0.600. The van der Waals surface area contributed by atoms with Crippen molar-refractivity contribution < 1.29 is 4.39 Å². The molecule has 84 valence electrons. The maximum absolute atomic E-state index is 12.6. The second kappa shape index (κ2) is 6.09. The second-order valence-electron chi connectivity index (χ2n) is 3.92. The summed E-state index contributed by atoms with van der Waals surface area (Å²) in [5, 5.41) is 3.52. The van der Waals surface area contributed by atoms with Crippen molar-refractivity contribution in [3.8, 4) is 0 Å². The summed E-state index contributed by atoms with van der Waals surface area (Å²) in [4.78, 5) is 0. The third kappa shape index (κ3) is 5.14. The summed E-state index contributed by atoms with van der Waals surface area (Å²) in [6.07, 6.45) is 0.933. The molecule has 0 aliphatic carbocycles. The van der Waals surface area contributed by atoms with Gasteiger partial charge in [-0.15, -0.1) is 11.6 Å². The van der Waals surface area contributed by atoms with Crippen molar-refractivity contribution in [3.63, 3.8) is 0 Å². The molecule has 0 bridgehead atoms. The highest BCUT2D eigenvalue weighted by Crippen LogP contribution is 2.06. The summed E-state index contributed by atoms with van der Waals surface area (Å²) in [5.74, 6) is -0.193. The van der Waals surface area contributed by atoms with Gasteiger partial charge in [0.05, 0.1) is 0 Å². The van der Waals surface area contributed by atoms with Crippen LogP contribution >= 0.6 is 11.6 Å². The SMILES string of the molecule is CC(Cl)CC(C)NCc1ccc(F)cc1. The lowest BCUT2D eigenvalue weighted by Crippen LogP contribution is -2.27. The van der Waals surface area contributed by atoms with Crippen molar-refractivity contribution in [2.45, 2.75) is 38.2 Å². The van der Waals surface area contributed by atoms with E-state index in [1.165, 1.54) is 12.1 Å². The molecule has 0 aliphatic heterocycles. The van der Waals surface area contributed by atoms with E-state index in [1.54, 1.807) is 12.1 Å². The maximum atomic E-state index is 12.6. The van der Waals surface area contributed by atoms with E-state index in [9.17, 15) is 4.39 Å². The highest BCUT2D eigenvalue weighted by molar-refractivity contribution is 6.20. The number of halogens is 2. The molecule has 1 rings (SSSR count). The number of hydrogen-bond acceptors (Lipinski definition) is 1. The zero-order valence-electron chi connectivity index (χ0n) is 9.13. The molecule has 0 aliphatic rings. The first-order valence-corrected chi connectivity index (χ1v) is 5.63. The minimum atomic E-state index is -0.193. The van der Waals surface area contributed by atoms with Crippen LogP contribution in [0.4, 0.5) is 4.39 Å². The van der Waals surface area contributed by atoms with Crippen molar-refractivity contribution in [2.75, 3.05) is 0 Å². The van der Waals surface area contributed by atoms with Crippen LogP contribution in [0.5, 0.6) is 0 Å². The molecule has 3 heteroatoms. The number of rotatable bonds is 5. The molecule has 0 heterocycles. The summed E-state index contributed by atoms with van der Waals surface area (Å²) in [6, 6.07) is 6.92. The molecule has 0 amide bonds. The Morgan fingerprint density at radius 3 is 2.40 bits per heavy atom. The topological polar surface area (TPSA) is 12.0 Å². The van der Waals surface area contributed by atoms with Crippen molar-refractivity contribution >= 4 is 11.6 Å². The highest BCUT2D eigenvalue weighted by atomic mass is 35.5. The van der Waals surface area contributed by atoms with Gasteiger partial charge in [-0.25, -0.2) is 4.39 Å². The lowest BCUT2D eigenvalue weighted by atomic mass is 10.1. The van der Waals surface area contributed by atoms with Gasteiger partial charge in [0.2, 0.25) is 0 Å². The zero-order chi connectivity index (χ0) is 11.3. The third-order valence-electron chi connectivity index (χ3n) is 2.25. The Labute approximate surface area is 95.6 Å². The van der Waals surface area contributed by atoms with Gasteiger partial charge >= 0.3 is 0 Å². The van der Waals surface area contributed by atoms with Crippen LogP contribution in [0.3, 0.4) is 0 Å². The molecular formula is C12H17ClFN. The Morgan fingerprint density at radius 2 is 1.87 bits per heavy atom. The first-order valence-electron chi connectivity index (χ1n) is 5.20. The van der Waals surface area contributed by atoms with E-state index in [1.807, 2.05) is 6.92 Å². The van der Waals surface area contributed by atoms with E-state index in [0.717, 1.165) is 18.5 Å². The van der Waals surface area contributed by atoms with Gasteiger partial charge in [-0.1, -0.05) is 12.1 Å².